The van der Waals surface area contributed by atoms with Gasteiger partial charge in [-0.25, -0.2) is 0 Å². The van der Waals surface area contributed by atoms with Crippen LogP contribution in [-0.2, 0) is 4.79 Å². The highest BCUT2D eigenvalue weighted by Crippen LogP contribution is 2.07. The molecule has 0 saturated carbocycles. The lowest BCUT2D eigenvalue weighted by atomic mass is 10.1. The zero-order valence-corrected chi connectivity index (χ0v) is 10.7. The molecule has 96 valence electrons. The largest absolute Gasteiger partial charge is 0.344 e. The quantitative estimate of drug-likeness (QED) is 0.649. The second-order valence-electron chi connectivity index (χ2n) is 4.50. The van der Waals surface area contributed by atoms with E-state index < -0.39 is 0 Å². The Morgan fingerprint density at radius 1 is 1.41 bits per heavy atom. The van der Waals surface area contributed by atoms with Gasteiger partial charge in [0.2, 0.25) is 5.91 Å². The number of carbonyl (C=O) groups excluding carboxylic acids is 1. The molecule has 1 aliphatic heterocycles. The van der Waals surface area contributed by atoms with Crippen LogP contribution in [-0.4, -0.2) is 49.6 Å². The van der Waals surface area contributed by atoms with Gasteiger partial charge in [0.15, 0.2) is 0 Å². The standard InChI is InChI=1S/C13H23N3O/c1-3-7-15-13(17)12(2)14-8-11-16-9-5-4-6-10-16/h1,12,14H,4-11H2,2H3,(H,15,17). The van der Waals surface area contributed by atoms with E-state index in [1.807, 2.05) is 6.92 Å². The maximum atomic E-state index is 11.5. The third-order valence-corrected chi connectivity index (χ3v) is 3.09. The number of amides is 1. The molecule has 0 aliphatic carbocycles. The van der Waals surface area contributed by atoms with Crippen LogP contribution in [0.1, 0.15) is 26.2 Å². The van der Waals surface area contributed by atoms with Crippen molar-refractivity contribution in [3.63, 3.8) is 0 Å². The molecule has 0 aromatic carbocycles. The summed E-state index contributed by atoms with van der Waals surface area (Å²) in [5.74, 6) is 2.37. The molecule has 1 saturated heterocycles. The molecule has 1 amide bonds. The molecule has 1 fully saturated rings. The molecule has 0 aromatic rings. The van der Waals surface area contributed by atoms with Crippen molar-refractivity contribution >= 4 is 5.91 Å². The van der Waals surface area contributed by atoms with E-state index in [-0.39, 0.29) is 11.9 Å². The molecular weight excluding hydrogens is 214 g/mol. The Balaban J connectivity index is 2.08. The molecule has 4 nitrogen and oxygen atoms in total. The van der Waals surface area contributed by atoms with E-state index >= 15 is 0 Å². The number of piperidine rings is 1. The summed E-state index contributed by atoms with van der Waals surface area (Å²) in [6.07, 6.45) is 9.05. The normalized spacial score (nSPS) is 18.4. The highest BCUT2D eigenvalue weighted by atomic mass is 16.2. The van der Waals surface area contributed by atoms with Crippen molar-refractivity contribution in [2.75, 3.05) is 32.7 Å². The summed E-state index contributed by atoms with van der Waals surface area (Å²) in [5.41, 5.74) is 0. The Labute approximate surface area is 104 Å². The summed E-state index contributed by atoms with van der Waals surface area (Å²) >= 11 is 0. The molecule has 0 bridgehead atoms. The molecule has 0 aromatic heterocycles. The first-order valence-electron chi connectivity index (χ1n) is 6.41. The first-order valence-corrected chi connectivity index (χ1v) is 6.41. The highest BCUT2D eigenvalue weighted by molar-refractivity contribution is 5.81. The Morgan fingerprint density at radius 3 is 2.76 bits per heavy atom. The number of hydrogen-bond donors (Lipinski definition) is 2. The average Bonchev–Trinajstić information content (AvgIpc) is 2.37. The van der Waals surface area contributed by atoms with Gasteiger partial charge in [-0.1, -0.05) is 12.3 Å². The van der Waals surface area contributed by atoms with Gasteiger partial charge in [0.25, 0.3) is 0 Å². The molecule has 1 rings (SSSR count). The first kappa shape index (κ1) is 14.0. The molecule has 1 atom stereocenters. The molecule has 17 heavy (non-hydrogen) atoms. The van der Waals surface area contributed by atoms with Gasteiger partial charge >= 0.3 is 0 Å². The lowest BCUT2D eigenvalue weighted by Gasteiger charge is -2.26. The number of nitrogens with one attached hydrogen (secondary N) is 2. The van der Waals surface area contributed by atoms with Crippen LogP contribution in [0.25, 0.3) is 0 Å². The highest BCUT2D eigenvalue weighted by Gasteiger charge is 2.13. The van der Waals surface area contributed by atoms with Crippen LogP contribution in [0.3, 0.4) is 0 Å². The SMILES string of the molecule is C#CCNC(=O)C(C)NCCN1CCCCC1. The van der Waals surface area contributed by atoms with Crippen molar-refractivity contribution in [1.82, 2.24) is 15.5 Å². The van der Waals surface area contributed by atoms with Gasteiger partial charge in [-0.2, -0.15) is 0 Å². The predicted octanol–water partition coefficient (Wildman–Crippen LogP) is 0.200. The summed E-state index contributed by atoms with van der Waals surface area (Å²) in [5, 5.41) is 5.89. The Bertz CT molecular complexity index is 266. The van der Waals surface area contributed by atoms with Gasteiger partial charge in [0, 0.05) is 13.1 Å². The summed E-state index contributed by atoms with van der Waals surface area (Å²) in [6, 6.07) is -0.173. The minimum atomic E-state index is -0.173. The monoisotopic (exact) mass is 237 g/mol. The number of carbonyl (C=O) groups is 1. The molecule has 1 aliphatic rings. The maximum Gasteiger partial charge on any atom is 0.237 e. The first-order chi connectivity index (χ1) is 8.24. The van der Waals surface area contributed by atoms with Gasteiger partial charge in [-0.3, -0.25) is 4.79 Å². The number of likely N-dealkylation sites (tertiary alicyclic amines) is 1. The van der Waals surface area contributed by atoms with Crippen LogP contribution < -0.4 is 10.6 Å². The molecule has 1 heterocycles. The van der Waals surface area contributed by atoms with Gasteiger partial charge in [-0.15, -0.1) is 6.42 Å². The van der Waals surface area contributed by atoms with E-state index in [1.54, 1.807) is 0 Å². The van der Waals surface area contributed by atoms with Crippen LogP contribution in [0.2, 0.25) is 0 Å². The van der Waals surface area contributed by atoms with Crippen LogP contribution in [0, 0.1) is 12.3 Å². The molecule has 1 unspecified atom stereocenters. The molecular formula is C13H23N3O. The molecule has 4 heteroatoms. The van der Waals surface area contributed by atoms with Gasteiger partial charge in [0.05, 0.1) is 12.6 Å². The molecule has 0 spiro atoms. The van der Waals surface area contributed by atoms with E-state index in [4.69, 9.17) is 6.42 Å². The van der Waals surface area contributed by atoms with Crippen molar-refractivity contribution in [1.29, 1.82) is 0 Å². The smallest absolute Gasteiger partial charge is 0.237 e. The van der Waals surface area contributed by atoms with Gasteiger partial charge < -0.3 is 15.5 Å². The third-order valence-electron chi connectivity index (χ3n) is 3.09. The third kappa shape index (κ3) is 5.71. The Morgan fingerprint density at radius 2 is 2.12 bits per heavy atom. The van der Waals surface area contributed by atoms with Gasteiger partial charge in [0.1, 0.15) is 0 Å². The number of hydrogen-bond acceptors (Lipinski definition) is 3. The summed E-state index contributed by atoms with van der Waals surface area (Å²) in [4.78, 5) is 13.9. The minimum Gasteiger partial charge on any atom is -0.344 e. The van der Waals surface area contributed by atoms with Crippen molar-refractivity contribution in [3.8, 4) is 12.3 Å². The van der Waals surface area contributed by atoms with Crippen LogP contribution in [0.5, 0.6) is 0 Å². The fraction of sp³-hybridized carbons (Fsp3) is 0.769. The Kier molecular flexibility index (Phi) is 6.68. The van der Waals surface area contributed by atoms with E-state index in [0.717, 1.165) is 13.1 Å². The molecule has 2 N–H and O–H groups in total. The number of terminal acetylenes is 1. The van der Waals surface area contributed by atoms with Crippen LogP contribution in [0.4, 0.5) is 0 Å². The second kappa shape index (κ2) is 8.10. The maximum absolute atomic E-state index is 11.5. The number of rotatable bonds is 6. The van der Waals surface area contributed by atoms with E-state index in [1.165, 1.54) is 32.4 Å². The van der Waals surface area contributed by atoms with E-state index in [2.05, 4.69) is 21.5 Å². The second-order valence-corrected chi connectivity index (χ2v) is 4.50. The van der Waals surface area contributed by atoms with Crippen molar-refractivity contribution in [3.05, 3.63) is 0 Å². The number of nitrogens with zero attached hydrogens (tertiary/aromatic N) is 1. The minimum absolute atomic E-state index is 0.0263. The van der Waals surface area contributed by atoms with Crippen molar-refractivity contribution in [2.45, 2.75) is 32.2 Å². The van der Waals surface area contributed by atoms with E-state index in [9.17, 15) is 4.79 Å². The van der Waals surface area contributed by atoms with E-state index in [0.29, 0.717) is 6.54 Å². The lowest BCUT2D eigenvalue weighted by molar-refractivity contribution is -0.122. The average molecular weight is 237 g/mol. The summed E-state index contributed by atoms with van der Waals surface area (Å²) in [7, 11) is 0. The predicted molar refractivity (Wildman–Crippen MR) is 69.6 cm³/mol. The van der Waals surface area contributed by atoms with Crippen molar-refractivity contribution in [2.24, 2.45) is 0 Å². The summed E-state index contributed by atoms with van der Waals surface area (Å²) < 4.78 is 0. The fourth-order valence-electron chi connectivity index (χ4n) is 2.01. The lowest BCUT2D eigenvalue weighted by Crippen LogP contribution is -2.45. The summed E-state index contributed by atoms with van der Waals surface area (Å²) in [6.45, 7) is 6.43. The van der Waals surface area contributed by atoms with Crippen molar-refractivity contribution < 1.29 is 4.79 Å². The van der Waals surface area contributed by atoms with Crippen LogP contribution in [0.15, 0.2) is 0 Å². The topological polar surface area (TPSA) is 44.4 Å². The zero-order valence-electron chi connectivity index (χ0n) is 10.7. The fourth-order valence-corrected chi connectivity index (χ4v) is 2.01. The van der Waals surface area contributed by atoms with Crippen LogP contribution >= 0.6 is 0 Å². The Hall–Kier alpha value is -1.05. The molecule has 0 radical (unpaired) electrons. The van der Waals surface area contributed by atoms with Gasteiger partial charge in [-0.05, 0) is 32.9 Å². The zero-order chi connectivity index (χ0) is 12.5.